The van der Waals surface area contributed by atoms with Gasteiger partial charge in [0.1, 0.15) is 6.04 Å². The Bertz CT molecular complexity index is 909. The Hall–Kier alpha value is -2.81. The van der Waals surface area contributed by atoms with E-state index in [4.69, 9.17) is 25.8 Å². The summed E-state index contributed by atoms with van der Waals surface area (Å²) in [6.45, 7) is 5.34. The Morgan fingerprint density at radius 1 is 1.30 bits per heavy atom. The molecule has 3 rings (SSSR count). The second kappa shape index (κ2) is 7.43. The average molecular weight is 394 g/mol. The molecule has 0 saturated carbocycles. The predicted octanol–water partition coefficient (Wildman–Crippen LogP) is 2.58. The summed E-state index contributed by atoms with van der Waals surface area (Å²) in [5.74, 6) is 0.778. The first-order valence-corrected chi connectivity index (χ1v) is 8.63. The number of tetrazole rings is 1. The first kappa shape index (κ1) is 19.0. The standard InChI is InChI=1S/C17H20ClN5O4/c1-8(2)27-16(24)13-9(3)19-17-20-21-22-23(17)14(13)10-6-11(18)15(26-5)12(7-10)25-4/h6-8,14H,1-5H3,(H,19,20,22). The number of anilines is 1. The lowest BCUT2D eigenvalue weighted by Crippen LogP contribution is -2.30. The summed E-state index contributed by atoms with van der Waals surface area (Å²) in [6.07, 6.45) is -0.275. The number of ether oxygens (including phenoxy) is 3. The van der Waals surface area contributed by atoms with Gasteiger partial charge in [0.15, 0.2) is 11.5 Å². The topological polar surface area (TPSA) is 100 Å². The first-order chi connectivity index (χ1) is 12.9. The molecule has 1 unspecified atom stereocenters. The van der Waals surface area contributed by atoms with Crippen molar-refractivity contribution in [1.82, 2.24) is 20.2 Å². The molecule has 27 heavy (non-hydrogen) atoms. The number of hydrogen-bond donors (Lipinski definition) is 1. The SMILES string of the molecule is COc1cc(C2C(C(=O)OC(C)C)=C(C)Nc3nnnn32)cc(Cl)c1OC. The van der Waals surface area contributed by atoms with Gasteiger partial charge in [-0.2, -0.15) is 4.68 Å². The van der Waals surface area contributed by atoms with Gasteiger partial charge in [-0.05, 0) is 48.9 Å². The number of rotatable bonds is 5. The second-order valence-electron chi connectivity index (χ2n) is 6.21. The van der Waals surface area contributed by atoms with Crippen molar-refractivity contribution in [3.05, 3.63) is 34.0 Å². The number of fused-ring (bicyclic) bond motifs is 1. The van der Waals surface area contributed by atoms with Crippen molar-refractivity contribution < 1.29 is 19.0 Å². The van der Waals surface area contributed by atoms with Gasteiger partial charge in [0.05, 0.1) is 30.9 Å². The van der Waals surface area contributed by atoms with Crippen molar-refractivity contribution in [2.24, 2.45) is 0 Å². The number of allylic oxidation sites excluding steroid dienone is 1. The van der Waals surface area contributed by atoms with E-state index in [1.165, 1.54) is 18.9 Å². The van der Waals surface area contributed by atoms with Gasteiger partial charge < -0.3 is 19.5 Å². The molecular formula is C17H20ClN5O4. The number of esters is 1. The number of aromatic nitrogens is 4. The summed E-state index contributed by atoms with van der Waals surface area (Å²) in [6, 6.07) is 2.79. The Morgan fingerprint density at radius 3 is 2.67 bits per heavy atom. The summed E-state index contributed by atoms with van der Waals surface area (Å²) in [7, 11) is 3.01. The van der Waals surface area contributed by atoms with Gasteiger partial charge in [-0.1, -0.05) is 16.7 Å². The molecule has 10 heteroatoms. The van der Waals surface area contributed by atoms with Crippen LogP contribution in [0.4, 0.5) is 5.95 Å². The fourth-order valence-electron chi connectivity index (χ4n) is 2.96. The van der Waals surface area contributed by atoms with E-state index in [9.17, 15) is 4.79 Å². The van der Waals surface area contributed by atoms with Crippen molar-refractivity contribution >= 4 is 23.5 Å². The maximum Gasteiger partial charge on any atom is 0.338 e. The Kier molecular flexibility index (Phi) is 5.22. The van der Waals surface area contributed by atoms with E-state index < -0.39 is 12.0 Å². The van der Waals surface area contributed by atoms with Crippen LogP contribution >= 0.6 is 11.6 Å². The maximum atomic E-state index is 12.8. The smallest absolute Gasteiger partial charge is 0.338 e. The number of nitrogens with one attached hydrogen (secondary N) is 1. The molecule has 0 spiro atoms. The molecule has 2 aromatic rings. The molecule has 0 aliphatic carbocycles. The van der Waals surface area contributed by atoms with Crippen LogP contribution < -0.4 is 14.8 Å². The van der Waals surface area contributed by atoms with E-state index in [0.717, 1.165) is 0 Å². The monoisotopic (exact) mass is 393 g/mol. The third kappa shape index (κ3) is 3.42. The minimum absolute atomic E-state index is 0.275. The number of nitrogens with zero attached hydrogens (tertiary/aromatic N) is 4. The molecule has 0 saturated heterocycles. The van der Waals surface area contributed by atoms with Crippen LogP contribution in [0.5, 0.6) is 11.5 Å². The number of halogens is 1. The number of benzene rings is 1. The summed E-state index contributed by atoms with van der Waals surface area (Å²) < 4.78 is 17.6. The van der Waals surface area contributed by atoms with Crippen LogP contribution in [0.25, 0.3) is 0 Å². The maximum absolute atomic E-state index is 12.8. The lowest BCUT2D eigenvalue weighted by molar-refractivity contribution is -0.143. The molecule has 1 aromatic carbocycles. The molecule has 144 valence electrons. The highest BCUT2D eigenvalue weighted by molar-refractivity contribution is 6.32. The van der Waals surface area contributed by atoms with Gasteiger partial charge >= 0.3 is 5.97 Å². The highest BCUT2D eigenvalue weighted by atomic mass is 35.5. The number of carbonyl (C=O) groups is 1. The zero-order chi connectivity index (χ0) is 19.7. The van der Waals surface area contributed by atoms with E-state index >= 15 is 0 Å². The van der Waals surface area contributed by atoms with Crippen molar-refractivity contribution in [3.63, 3.8) is 0 Å². The summed E-state index contributed by atoms with van der Waals surface area (Å²) >= 11 is 6.37. The molecule has 9 nitrogen and oxygen atoms in total. The lowest BCUT2D eigenvalue weighted by Gasteiger charge is -2.28. The summed E-state index contributed by atoms with van der Waals surface area (Å²) in [5, 5.41) is 15.0. The van der Waals surface area contributed by atoms with Gasteiger partial charge in [0.2, 0.25) is 5.95 Å². The fourth-order valence-corrected chi connectivity index (χ4v) is 3.25. The van der Waals surface area contributed by atoms with Gasteiger partial charge in [-0.25, -0.2) is 4.79 Å². The third-order valence-electron chi connectivity index (χ3n) is 4.05. The van der Waals surface area contributed by atoms with Crippen LogP contribution in [0.15, 0.2) is 23.4 Å². The molecule has 0 radical (unpaired) electrons. The number of carbonyl (C=O) groups excluding carboxylic acids is 1. The summed E-state index contributed by atoms with van der Waals surface area (Å²) in [5.41, 5.74) is 1.63. The first-order valence-electron chi connectivity index (χ1n) is 8.25. The molecule has 1 aliphatic heterocycles. The zero-order valence-corrected chi connectivity index (χ0v) is 16.4. The van der Waals surface area contributed by atoms with E-state index in [2.05, 4.69) is 20.8 Å². The minimum atomic E-state index is -0.639. The van der Waals surface area contributed by atoms with E-state index in [-0.39, 0.29) is 6.10 Å². The Balaban J connectivity index is 2.18. The fraction of sp³-hybridized carbons (Fsp3) is 0.412. The van der Waals surface area contributed by atoms with Crippen LogP contribution in [0.1, 0.15) is 32.4 Å². The molecular weight excluding hydrogens is 374 g/mol. The van der Waals surface area contributed by atoms with Gasteiger partial charge in [-0.3, -0.25) is 0 Å². The largest absolute Gasteiger partial charge is 0.493 e. The van der Waals surface area contributed by atoms with E-state index in [0.29, 0.717) is 39.3 Å². The number of hydrogen-bond acceptors (Lipinski definition) is 8. The van der Waals surface area contributed by atoms with E-state index in [1.54, 1.807) is 32.9 Å². The van der Waals surface area contributed by atoms with Crippen molar-refractivity contribution in [1.29, 1.82) is 0 Å². The van der Waals surface area contributed by atoms with Crippen LogP contribution in [0.3, 0.4) is 0 Å². The Labute approximate surface area is 161 Å². The van der Waals surface area contributed by atoms with Crippen LogP contribution in [-0.2, 0) is 9.53 Å². The van der Waals surface area contributed by atoms with Crippen molar-refractivity contribution in [3.8, 4) is 11.5 Å². The van der Waals surface area contributed by atoms with Crippen LogP contribution in [-0.4, -0.2) is 46.5 Å². The molecule has 2 heterocycles. The molecule has 1 aromatic heterocycles. The molecule has 1 N–H and O–H groups in total. The van der Waals surface area contributed by atoms with Crippen molar-refractivity contribution in [2.75, 3.05) is 19.5 Å². The third-order valence-corrected chi connectivity index (χ3v) is 4.33. The quantitative estimate of drug-likeness (QED) is 0.773. The van der Waals surface area contributed by atoms with Crippen LogP contribution in [0, 0.1) is 0 Å². The van der Waals surface area contributed by atoms with Gasteiger partial charge in [-0.15, -0.1) is 0 Å². The van der Waals surface area contributed by atoms with Gasteiger partial charge in [0, 0.05) is 5.70 Å². The normalized spacial score (nSPS) is 16.0. The molecule has 0 fully saturated rings. The van der Waals surface area contributed by atoms with E-state index in [1.807, 2.05) is 0 Å². The molecule has 1 atom stereocenters. The van der Waals surface area contributed by atoms with Gasteiger partial charge in [0.25, 0.3) is 0 Å². The molecule has 0 bridgehead atoms. The summed E-state index contributed by atoms with van der Waals surface area (Å²) in [4.78, 5) is 12.8. The molecule has 1 aliphatic rings. The predicted molar refractivity (Wildman–Crippen MR) is 98.1 cm³/mol. The Morgan fingerprint density at radius 2 is 2.04 bits per heavy atom. The van der Waals surface area contributed by atoms with Crippen molar-refractivity contribution in [2.45, 2.75) is 32.9 Å². The second-order valence-corrected chi connectivity index (χ2v) is 6.61. The minimum Gasteiger partial charge on any atom is -0.493 e. The highest BCUT2D eigenvalue weighted by Gasteiger charge is 2.36. The number of methoxy groups -OCH3 is 2. The lowest BCUT2D eigenvalue weighted by atomic mass is 9.95. The van der Waals surface area contributed by atoms with Crippen LogP contribution in [0.2, 0.25) is 5.02 Å². The average Bonchev–Trinajstić information content (AvgIpc) is 3.06. The zero-order valence-electron chi connectivity index (χ0n) is 15.6. The highest BCUT2D eigenvalue weighted by Crippen LogP contribution is 2.42. The molecule has 0 amide bonds.